The van der Waals surface area contributed by atoms with E-state index in [1.807, 2.05) is 19.1 Å². The van der Waals surface area contributed by atoms with Crippen LogP contribution in [0.1, 0.15) is 24.1 Å². The largest absolute Gasteiger partial charge is 0.479 e. The summed E-state index contributed by atoms with van der Waals surface area (Å²) >= 11 is 0. The van der Waals surface area contributed by atoms with Crippen molar-refractivity contribution in [3.8, 4) is 5.75 Å². The Kier molecular flexibility index (Phi) is 5.84. The van der Waals surface area contributed by atoms with Gasteiger partial charge in [-0.1, -0.05) is 29.8 Å². The van der Waals surface area contributed by atoms with Gasteiger partial charge in [-0.15, -0.1) is 0 Å². The van der Waals surface area contributed by atoms with E-state index in [0.29, 0.717) is 28.2 Å². The number of benzene rings is 2. The van der Waals surface area contributed by atoms with Crippen LogP contribution in [0, 0.1) is 6.92 Å². The summed E-state index contributed by atoms with van der Waals surface area (Å²) in [7, 11) is 0. The van der Waals surface area contributed by atoms with Gasteiger partial charge in [0, 0.05) is 0 Å². The van der Waals surface area contributed by atoms with Gasteiger partial charge in [0.1, 0.15) is 18.1 Å². The first-order valence-electron chi connectivity index (χ1n) is 9.92. The zero-order chi connectivity index (χ0) is 21.8. The van der Waals surface area contributed by atoms with Gasteiger partial charge in [-0.05, 0) is 50.2 Å². The number of nitrogens with zero attached hydrogens (tertiary/aromatic N) is 2. The molecule has 0 N–H and O–H groups in total. The standard InChI is InChI=1S/C24H22N2O5/c1-16-9-11-18(12-10-16)31-17(2)24(28)30-15-22-25-21-8-4-3-7-20(21)23(27)26(22)14-19-6-5-13-29-19/h3-13,17H,14-15H2,1-2H3/t17-/m1/s1. The smallest absolute Gasteiger partial charge is 0.347 e. The highest BCUT2D eigenvalue weighted by atomic mass is 16.6. The molecule has 2 aromatic carbocycles. The molecule has 158 valence electrons. The van der Waals surface area contributed by atoms with E-state index < -0.39 is 12.1 Å². The number of para-hydroxylation sites is 1. The lowest BCUT2D eigenvalue weighted by molar-refractivity contribution is -0.152. The lowest BCUT2D eigenvalue weighted by atomic mass is 10.2. The molecule has 7 nitrogen and oxygen atoms in total. The SMILES string of the molecule is Cc1ccc(O[C@H](C)C(=O)OCc2nc3ccccc3c(=O)n2Cc2ccco2)cc1. The summed E-state index contributed by atoms with van der Waals surface area (Å²) < 4.78 is 17.9. The Hall–Kier alpha value is -3.87. The molecular weight excluding hydrogens is 396 g/mol. The fourth-order valence-electron chi connectivity index (χ4n) is 3.17. The third-order valence-corrected chi connectivity index (χ3v) is 4.84. The number of hydrogen-bond acceptors (Lipinski definition) is 6. The minimum absolute atomic E-state index is 0.165. The van der Waals surface area contributed by atoms with Crippen LogP contribution in [0.4, 0.5) is 0 Å². The Morgan fingerprint density at radius 2 is 1.87 bits per heavy atom. The van der Waals surface area contributed by atoms with Crippen LogP contribution in [-0.4, -0.2) is 21.6 Å². The predicted molar refractivity (Wildman–Crippen MR) is 115 cm³/mol. The van der Waals surface area contributed by atoms with Gasteiger partial charge >= 0.3 is 5.97 Å². The molecule has 0 saturated carbocycles. The van der Waals surface area contributed by atoms with Gasteiger partial charge in [0.25, 0.3) is 5.56 Å². The first-order valence-corrected chi connectivity index (χ1v) is 9.92. The summed E-state index contributed by atoms with van der Waals surface area (Å²) in [4.78, 5) is 30.1. The van der Waals surface area contributed by atoms with Gasteiger partial charge in [0.2, 0.25) is 0 Å². The molecule has 0 spiro atoms. The first-order chi connectivity index (χ1) is 15.0. The van der Waals surface area contributed by atoms with Crippen LogP contribution >= 0.6 is 0 Å². The minimum Gasteiger partial charge on any atom is -0.479 e. The molecule has 0 radical (unpaired) electrons. The number of ether oxygens (including phenoxy) is 2. The zero-order valence-electron chi connectivity index (χ0n) is 17.3. The summed E-state index contributed by atoms with van der Waals surface area (Å²) in [5, 5.41) is 0.486. The monoisotopic (exact) mass is 418 g/mol. The topological polar surface area (TPSA) is 83.6 Å². The number of aryl methyl sites for hydroxylation is 1. The molecule has 0 bridgehead atoms. The number of hydrogen-bond donors (Lipinski definition) is 0. The summed E-state index contributed by atoms with van der Waals surface area (Å²) in [5.74, 6) is 0.958. The molecule has 31 heavy (non-hydrogen) atoms. The average molecular weight is 418 g/mol. The van der Waals surface area contributed by atoms with Crippen molar-refractivity contribution in [1.29, 1.82) is 0 Å². The number of esters is 1. The Bertz CT molecular complexity index is 1240. The normalized spacial score (nSPS) is 11.9. The molecule has 4 rings (SSSR count). The van der Waals surface area contributed by atoms with Gasteiger partial charge in [-0.2, -0.15) is 0 Å². The van der Waals surface area contributed by atoms with Crippen molar-refractivity contribution in [3.63, 3.8) is 0 Å². The number of aromatic nitrogens is 2. The summed E-state index contributed by atoms with van der Waals surface area (Å²) in [6.45, 7) is 3.61. The van der Waals surface area contributed by atoms with Gasteiger partial charge in [-0.25, -0.2) is 9.78 Å². The fraction of sp³-hybridized carbons (Fsp3) is 0.208. The molecule has 0 aliphatic carbocycles. The van der Waals surface area contributed by atoms with Gasteiger partial charge in [0.15, 0.2) is 11.9 Å². The molecule has 0 fully saturated rings. The third kappa shape index (κ3) is 4.66. The molecule has 0 amide bonds. The first kappa shape index (κ1) is 20.4. The molecule has 2 heterocycles. The van der Waals surface area contributed by atoms with Crippen LogP contribution in [-0.2, 0) is 22.7 Å². The van der Waals surface area contributed by atoms with Crippen LogP contribution in [0.15, 0.2) is 76.1 Å². The van der Waals surface area contributed by atoms with Crippen molar-refractivity contribution in [2.75, 3.05) is 0 Å². The van der Waals surface area contributed by atoms with E-state index in [1.165, 1.54) is 4.57 Å². The second-order valence-corrected chi connectivity index (χ2v) is 7.20. The van der Waals surface area contributed by atoms with E-state index in [0.717, 1.165) is 5.56 Å². The average Bonchev–Trinajstić information content (AvgIpc) is 3.29. The Morgan fingerprint density at radius 1 is 1.10 bits per heavy atom. The maximum absolute atomic E-state index is 13.0. The van der Waals surface area contributed by atoms with Gasteiger partial charge in [-0.3, -0.25) is 9.36 Å². The number of furan rings is 1. The molecule has 0 aliphatic rings. The third-order valence-electron chi connectivity index (χ3n) is 4.84. The highest BCUT2D eigenvalue weighted by molar-refractivity contribution is 5.77. The second-order valence-electron chi connectivity index (χ2n) is 7.20. The minimum atomic E-state index is -0.812. The van der Waals surface area contributed by atoms with E-state index in [1.54, 1.807) is 61.7 Å². The highest BCUT2D eigenvalue weighted by Gasteiger charge is 2.19. The number of carbonyl (C=O) groups is 1. The van der Waals surface area contributed by atoms with E-state index in [9.17, 15) is 9.59 Å². The Labute approximate surface area is 178 Å². The molecule has 1 atom stereocenters. The van der Waals surface area contributed by atoms with Gasteiger partial charge in [0.05, 0.1) is 23.7 Å². The summed E-state index contributed by atoms with van der Waals surface area (Å²) in [5.41, 5.74) is 1.41. The zero-order valence-corrected chi connectivity index (χ0v) is 17.3. The van der Waals surface area contributed by atoms with Crippen molar-refractivity contribution >= 4 is 16.9 Å². The number of rotatable bonds is 7. The molecule has 2 aromatic heterocycles. The highest BCUT2D eigenvalue weighted by Crippen LogP contribution is 2.15. The molecule has 0 aliphatic heterocycles. The molecule has 0 unspecified atom stereocenters. The quantitative estimate of drug-likeness (QED) is 0.424. The van der Waals surface area contributed by atoms with E-state index >= 15 is 0 Å². The van der Waals surface area contributed by atoms with Crippen LogP contribution in [0.2, 0.25) is 0 Å². The van der Waals surface area contributed by atoms with Crippen LogP contribution in [0.5, 0.6) is 5.75 Å². The molecule has 0 saturated heterocycles. The van der Waals surface area contributed by atoms with Gasteiger partial charge < -0.3 is 13.9 Å². The van der Waals surface area contributed by atoms with Crippen molar-refractivity contribution in [2.45, 2.75) is 33.1 Å². The lowest BCUT2D eigenvalue weighted by Gasteiger charge is -2.16. The van der Waals surface area contributed by atoms with Crippen molar-refractivity contribution in [1.82, 2.24) is 9.55 Å². The Morgan fingerprint density at radius 3 is 2.61 bits per heavy atom. The molecular formula is C24H22N2O5. The van der Waals surface area contributed by atoms with E-state index in [-0.39, 0.29) is 18.7 Å². The predicted octanol–water partition coefficient (Wildman–Crippen LogP) is 3.86. The lowest BCUT2D eigenvalue weighted by Crippen LogP contribution is -2.29. The van der Waals surface area contributed by atoms with Crippen molar-refractivity contribution < 1.29 is 18.7 Å². The van der Waals surface area contributed by atoms with E-state index in [2.05, 4.69) is 4.98 Å². The fourth-order valence-corrected chi connectivity index (χ4v) is 3.17. The van der Waals surface area contributed by atoms with Crippen molar-refractivity contribution in [3.05, 3.63) is 94.4 Å². The van der Waals surface area contributed by atoms with Crippen LogP contribution in [0.3, 0.4) is 0 Å². The molecule has 7 heteroatoms. The molecule has 4 aromatic rings. The van der Waals surface area contributed by atoms with Crippen LogP contribution in [0.25, 0.3) is 10.9 Å². The van der Waals surface area contributed by atoms with Crippen LogP contribution < -0.4 is 10.3 Å². The summed E-state index contributed by atoms with van der Waals surface area (Å²) in [6.07, 6.45) is 0.729. The Balaban J connectivity index is 1.54. The van der Waals surface area contributed by atoms with E-state index in [4.69, 9.17) is 13.9 Å². The maximum Gasteiger partial charge on any atom is 0.347 e. The maximum atomic E-state index is 13.0. The number of fused-ring (bicyclic) bond motifs is 1. The number of carbonyl (C=O) groups excluding carboxylic acids is 1. The van der Waals surface area contributed by atoms with Crippen molar-refractivity contribution in [2.24, 2.45) is 0 Å². The summed E-state index contributed by atoms with van der Waals surface area (Å²) in [6, 6.07) is 18.0. The second kappa shape index (κ2) is 8.87.